The third-order valence-electron chi connectivity index (χ3n) is 5.81. The predicted octanol–water partition coefficient (Wildman–Crippen LogP) is 5.37. The number of thiocarbonyl (C=S) groups is 1. The number of aromatic nitrogens is 3. The lowest BCUT2D eigenvalue weighted by atomic mass is 10.00. The summed E-state index contributed by atoms with van der Waals surface area (Å²) < 4.78 is 2.14. The minimum atomic E-state index is -0.0939. The second-order valence-corrected chi connectivity index (χ2v) is 8.73. The van der Waals surface area contributed by atoms with Gasteiger partial charge in [-0.05, 0) is 92.1 Å². The number of nitrogens with zero attached hydrogens (tertiary/aromatic N) is 4. The number of benzene rings is 1. The smallest absolute Gasteiger partial charge is 0.174 e. The molecule has 1 N–H and O–H groups in total. The highest BCUT2D eigenvalue weighted by Crippen LogP contribution is 2.42. The Balaban J connectivity index is 1.68. The number of rotatable bonds is 4. The van der Waals surface area contributed by atoms with E-state index in [1.165, 1.54) is 11.1 Å². The third kappa shape index (κ3) is 3.67. The van der Waals surface area contributed by atoms with E-state index in [2.05, 4.69) is 93.3 Å². The molecule has 32 heavy (non-hydrogen) atoms. The van der Waals surface area contributed by atoms with E-state index >= 15 is 0 Å². The molecule has 5 rings (SSSR count). The van der Waals surface area contributed by atoms with Crippen LogP contribution in [0, 0.1) is 20.8 Å². The van der Waals surface area contributed by atoms with Crippen molar-refractivity contribution in [1.82, 2.24) is 19.9 Å². The maximum Gasteiger partial charge on any atom is 0.174 e. The summed E-state index contributed by atoms with van der Waals surface area (Å²) in [7, 11) is 0. The Bertz CT molecular complexity index is 1240. The van der Waals surface area contributed by atoms with E-state index in [1.807, 2.05) is 31.5 Å². The van der Waals surface area contributed by atoms with Crippen LogP contribution in [0.25, 0.3) is 5.82 Å². The number of pyridine rings is 2. The molecule has 0 bridgehead atoms. The summed E-state index contributed by atoms with van der Waals surface area (Å²) in [6.45, 7) is 6.28. The van der Waals surface area contributed by atoms with Crippen molar-refractivity contribution in [2.24, 2.45) is 0 Å². The molecule has 2 atom stereocenters. The predicted molar refractivity (Wildman–Crippen MR) is 132 cm³/mol. The molecule has 3 aromatic heterocycles. The Morgan fingerprint density at radius 3 is 2.38 bits per heavy atom. The third-order valence-corrected chi connectivity index (χ3v) is 6.12. The second-order valence-electron chi connectivity index (χ2n) is 8.34. The van der Waals surface area contributed by atoms with E-state index in [-0.39, 0.29) is 12.1 Å². The molecule has 4 heterocycles. The standard InChI is InChI=1S/C26H25N5S/c1-17-9-10-23(28-16-17)30-12-6-8-22(30)25-24(21-7-4-5-11-27-21)29-26(32)31(25)20-14-18(2)13-19(3)15-20/h4-16,24-25H,1-3H3,(H,29,32)/t24-,25+/m1/s1. The lowest BCUT2D eigenvalue weighted by Crippen LogP contribution is -2.30. The summed E-state index contributed by atoms with van der Waals surface area (Å²) >= 11 is 5.88. The highest BCUT2D eigenvalue weighted by molar-refractivity contribution is 7.80. The number of aryl methyl sites for hydroxylation is 3. The molecule has 1 aromatic carbocycles. The molecule has 5 nitrogen and oxygen atoms in total. The number of hydrogen-bond acceptors (Lipinski definition) is 3. The Morgan fingerprint density at radius 1 is 0.875 bits per heavy atom. The van der Waals surface area contributed by atoms with Crippen molar-refractivity contribution in [2.45, 2.75) is 32.9 Å². The molecule has 0 amide bonds. The maximum atomic E-state index is 5.88. The fraction of sp³-hybridized carbons (Fsp3) is 0.192. The average molecular weight is 440 g/mol. The van der Waals surface area contributed by atoms with E-state index in [0.29, 0.717) is 5.11 Å². The van der Waals surface area contributed by atoms with Crippen LogP contribution in [0.15, 0.2) is 79.3 Å². The first-order chi connectivity index (χ1) is 15.5. The van der Waals surface area contributed by atoms with Crippen molar-refractivity contribution in [3.8, 4) is 5.82 Å². The molecular formula is C26H25N5S. The van der Waals surface area contributed by atoms with Gasteiger partial charge in [0.1, 0.15) is 11.9 Å². The van der Waals surface area contributed by atoms with Crippen LogP contribution in [0.3, 0.4) is 0 Å². The number of hydrogen-bond donors (Lipinski definition) is 1. The van der Waals surface area contributed by atoms with Crippen LogP contribution in [0.4, 0.5) is 5.69 Å². The van der Waals surface area contributed by atoms with Crippen molar-refractivity contribution < 1.29 is 0 Å². The first-order valence-corrected chi connectivity index (χ1v) is 11.1. The topological polar surface area (TPSA) is 46.0 Å². The minimum absolute atomic E-state index is 0.0864. The number of anilines is 1. The molecular weight excluding hydrogens is 414 g/mol. The summed E-state index contributed by atoms with van der Waals surface area (Å²) in [5.41, 5.74) is 6.68. The molecule has 1 fully saturated rings. The summed E-state index contributed by atoms with van der Waals surface area (Å²) in [6, 6.07) is 20.7. The summed E-state index contributed by atoms with van der Waals surface area (Å²) in [4.78, 5) is 11.5. The van der Waals surface area contributed by atoms with E-state index in [1.54, 1.807) is 0 Å². The second kappa shape index (κ2) is 8.20. The monoisotopic (exact) mass is 439 g/mol. The van der Waals surface area contributed by atoms with Gasteiger partial charge in [-0.25, -0.2) is 4.98 Å². The van der Waals surface area contributed by atoms with Gasteiger partial charge < -0.3 is 14.8 Å². The molecule has 0 spiro atoms. The highest BCUT2D eigenvalue weighted by atomic mass is 32.1. The highest BCUT2D eigenvalue weighted by Gasteiger charge is 2.42. The molecule has 160 valence electrons. The summed E-state index contributed by atoms with van der Waals surface area (Å²) in [5, 5.41) is 4.24. The van der Waals surface area contributed by atoms with Crippen molar-refractivity contribution in [3.63, 3.8) is 0 Å². The molecule has 0 unspecified atom stereocenters. The van der Waals surface area contributed by atoms with E-state index in [0.717, 1.165) is 28.5 Å². The van der Waals surface area contributed by atoms with Crippen LogP contribution in [-0.2, 0) is 0 Å². The zero-order valence-corrected chi connectivity index (χ0v) is 19.2. The zero-order valence-electron chi connectivity index (χ0n) is 18.4. The molecule has 1 saturated heterocycles. The normalized spacial score (nSPS) is 18.1. The Hall–Kier alpha value is -3.51. The van der Waals surface area contributed by atoms with Crippen molar-refractivity contribution in [2.75, 3.05) is 4.90 Å². The maximum absolute atomic E-state index is 5.88. The molecule has 0 saturated carbocycles. The van der Waals surface area contributed by atoms with Crippen LogP contribution in [0.1, 0.15) is 40.2 Å². The van der Waals surface area contributed by atoms with Crippen LogP contribution in [0.5, 0.6) is 0 Å². The minimum Gasteiger partial charge on any atom is -0.351 e. The van der Waals surface area contributed by atoms with Crippen molar-refractivity contribution in [3.05, 3.63) is 107 Å². The SMILES string of the molecule is Cc1ccc(-n2cccc2[C@H]2[C@@H](c3ccccn3)NC(=S)N2c2cc(C)cc(C)c2)nc1. The lowest BCUT2D eigenvalue weighted by molar-refractivity contribution is 0.548. The molecule has 0 radical (unpaired) electrons. The van der Waals surface area contributed by atoms with Crippen LogP contribution >= 0.6 is 12.2 Å². The zero-order chi connectivity index (χ0) is 22.2. The first kappa shape index (κ1) is 20.4. The average Bonchev–Trinajstić information content (AvgIpc) is 3.38. The van der Waals surface area contributed by atoms with Gasteiger partial charge >= 0.3 is 0 Å². The molecule has 6 heteroatoms. The fourth-order valence-corrected chi connectivity index (χ4v) is 4.82. The Labute approximate surface area is 193 Å². The van der Waals surface area contributed by atoms with Gasteiger partial charge in [-0.3, -0.25) is 4.98 Å². The first-order valence-electron chi connectivity index (χ1n) is 10.7. The van der Waals surface area contributed by atoms with Gasteiger partial charge in [0.2, 0.25) is 0 Å². The van der Waals surface area contributed by atoms with Gasteiger partial charge in [0.05, 0.1) is 11.7 Å². The Morgan fingerprint density at radius 2 is 1.69 bits per heavy atom. The van der Waals surface area contributed by atoms with Crippen LogP contribution in [0.2, 0.25) is 0 Å². The largest absolute Gasteiger partial charge is 0.351 e. The van der Waals surface area contributed by atoms with Gasteiger partial charge in [-0.2, -0.15) is 0 Å². The van der Waals surface area contributed by atoms with Crippen LogP contribution < -0.4 is 10.2 Å². The van der Waals surface area contributed by atoms with Gasteiger partial charge in [-0.15, -0.1) is 0 Å². The molecule has 4 aromatic rings. The lowest BCUT2D eigenvalue weighted by Gasteiger charge is -2.29. The quantitative estimate of drug-likeness (QED) is 0.433. The van der Waals surface area contributed by atoms with Gasteiger partial charge in [0.15, 0.2) is 5.11 Å². The molecule has 0 aliphatic carbocycles. The molecule has 1 aliphatic rings. The van der Waals surface area contributed by atoms with E-state index in [9.17, 15) is 0 Å². The van der Waals surface area contributed by atoms with Gasteiger partial charge in [0.25, 0.3) is 0 Å². The summed E-state index contributed by atoms with van der Waals surface area (Å²) in [5.74, 6) is 0.883. The number of nitrogens with one attached hydrogen (secondary N) is 1. The van der Waals surface area contributed by atoms with Crippen molar-refractivity contribution in [1.29, 1.82) is 0 Å². The van der Waals surface area contributed by atoms with E-state index < -0.39 is 0 Å². The summed E-state index contributed by atoms with van der Waals surface area (Å²) in [6.07, 6.45) is 5.79. The van der Waals surface area contributed by atoms with Gasteiger partial charge in [0, 0.05) is 30.0 Å². The van der Waals surface area contributed by atoms with Crippen LogP contribution in [-0.4, -0.2) is 19.6 Å². The van der Waals surface area contributed by atoms with Gasteiger partial charge in [-0.1, -0.05) is 18.2 Å². The van der Waals surface area contributed by atoms with Crippen molar-refractivity contribution >= 4 is 23.0 Å². The Kier molecular flexibility index (Phi) is 5.23. The van der Waals surface area contributed by atoms with E-state index in [4.69, 9.17) is 12.2 Å². The molecule has 1 aliphatic heterocycles. The fourth-order valence-electron chi connectivity index (χ4n) is 4.47.